The molecule has 0 saturated heterocycles. The summed E-state index contributed by atoms with van der Waals surface area (Å²) in [5.74, 6) is 0.901. The Labute approximate surface area is 144 Å². The van der Waals surface area contributed by atoms with Gasteiger partial charge in [0.25, 0.3) is 0 Å². The molecule has 0 N–H and O–H groups in total. The lowest BCUT2D eigenvalue weighted by atomic mass is 10.4. The van der Waals surface area contributed by atoms with Crippen molar-refractivity contribution in [2.24, 2.45) is 0 Å². The van der Waals surface area contributed by atoms with Crippen LogP contribution in [0.15, 0.2) is 37.9 Å². The molecule has 11 heteroatoms. The molecule has 23 heavy (non-hydrogen) atoms. The van der Waals surface area contributed by atoms with E-state index in [1.165, 1.54) is 11.3 Å². The molecule has 0 aliphatic carbocycles. The van der Waals surface area contributed by atoms with E-state index in [9.17, 15) is 13.2 Å². The molecule has 0 radical (unpaired) electrons. The first-order valence-electron chi connectivity index (χ1n) is 6.02. The summed E-state index contributed by atoms with van der Waals surface area (Å²) in [6, 6.07) is 2.67. The molecule has 0 aromatic carbocycles. The third kappa shape index (κ3) is 4.09. The predicted molar refractivity (Wildman–Crippen MR) is 81.9 cm³/mol. The Balaban J connectivity index is 1.68. The highest BCUT2D eigenvalue weighted by molar-refractivity contribution is 9.10. The molecule has 3 heterocycles. The Morgan fingerprint density at radius 3 is 2.83 bits per heavy atom. The molecule has 0 aliphatic heterocycles. The van der Waals surface area contributed by atoms with Crippen molar-refractivity contribution in [3.63, 3.8) is 0 Å². The normalized spacial score (nSPS) is 11.8. The van der Waals surface area contributed by atoms with E-state index in [2.05, 4.69) is 36.0 Å². The number of alkyl halides is 3. The average molecular weight is 423 g/mol. The van der Waals surface area contributed by atoms with Crippen LogP contribution < -0.4 is 0 Å². The smallest absolute Gasteiger partial charge is 0.338 e. The number of halogens is 4. The van der Waals surface area contributed by atoms with Crippen LogP contribution in [0, 0.1) is 0 Å². The van der Waals surface area contributed by atoms with Gasteiger partial charge in [0.05, 0.1) is 10.6 Å². The standard InChI is InChI=1S/C12H6BrF3N4OS2/c13-6-3-7(22-4-6)10-19-9(21-20-10)5-23-11-17-2-1-8(18-11)12(14,15)16/h1-4H,5H2. The number of thioether (sulfide) groups is 1. The fraction of sp³-hybridized carbons (Fsp3) is 0.167. The summed E-state index contributed by atoms with van der Waals surface area (Å²) in [6.45, 7) is 0. The maximum Gasteiger partial charge on any atom is 0.433 e. The second-order valence-corrected chi connectivity index (χ2v) is 6.92. The Hall–Kier alpha value is -1.46. The maximum absolute atomic E-state index is 12.6. The highest BCUT2D eigenvalue weighted by Gasteiger charge is 2.32. The number of thiophene rings is 1. The lowest BCUT2D eigenvalue weighted by molar-refractivity contribution is -0.141. The number of hydrogen-bond donors (Lipinski definition) is 0. The average Bonchev–Trinajstić information content (AvgIpc) is 3.13. The van der Waals surface area contributed by atoms with Crippen molar-refractivity contribution < 1.29 is 17.7 Å². The quantitative estimate of drug-likeness (QED) is 0.449. The summed E-state index contributed by atoms with van der Waals surface area (Å²) in [5, 5.41) is 5.72. The molecule has 0 aliphatic rings. The molecule has 0 atom stereocenters. The number of aromatic nitrogens is 4. The van der Waals surface area contributed by atoms with Gasteiger partial charge in [0.1, 0.15) is 5.69 Å². The summed E-state index contributed by atoms with van der Waals surface area (Å²) in [5.41, 5.74) is -0.982. The minimum atomic E-state index is -4.50. The molecule has 3 rings (SSSR count). The topological polar surface area (TPSA) is 64.7 Å². The van der Waals surface area contributed by atoms with Gasteiger partial charge >= 0.3 is 6.18 Å². The van der Waals surface area contributed by atoms with Gasteiger partial charge in [0, 0.05) is 16.0 Å². The fourth-order valence-electron chi connectivity index (χ4n) is 1.54. The zero-order chi connectivity index (χ0) is 16.4. The zero-order valence-electron chi connectivity index (χ0n) is 11.0. The molecule has 0 amide bonds. The minimum absolute atomic E-state index is 0.00144. The molecule has 0 unspecified atom stereocenters. The second kappa shape index (κ2) is 6.57. The van der Waals surface area contributed by atoms with Crippen molar-refractivity contribution in [3.8, 4) is 10.7 Å². The van der Waals surface area contributed by atoms with Gasteiger partial charge in [-0.1, -0.05) is 16.9 Å². The van der Waals surface area contributed by atoms with Crippen molar-refractivity contribution in [1.82, 2.24) is 20.1 Å². The van der Waals surface area contributed by atoms with Gasteiger partial charge in [-0.3, -0.25) is 0 Å². The zero-order valence-corrected chi connectivity index (χ0v) is 14.3. The Morgan fingerprint density at radius 1 is 1.30 bits per heavy atom. The van der Waals surface area contributed by atoms with Crippen LogP contribution in [0.2, 0.25) is 0 Å². The largest absolute Gasteiger partial charge is 0.433 e. The third-order valence-electron chi connectivity index (χ3n) is 2.50. The van der Waals surface area contributed by atoms with Crippen LogP contribution in [0.1, 0.15) is 11.6 Å². The number of rotatable bonds is 4. The van der Waals surface area contributed by atoms with Crippen molar-refractivity contribution in [2.45, 2.75) is 17.1 Å². The first kappa shape index (κ1) is 16.4. The highest BCUT2D eigenvalue weighted by atomic mass is 79.9. The SMILES string of the molecule is FC(F)(F)c1ccnc(SCc2nc(-c3cc(Br)cs3)no2)n1. The van der Waals surface area contributed by atoms with E-state index in [4.69, 9.17) is 4.52 Å². The molecule has 0 spiro atoms. The molecular formula is C12H6BrF3N4OS2. The minimum Gasteiger partial charge on any atom is -0.338 e. The number of nitrogens with zero attached hydrogens (tertiary/aromatic N) is 4. The van der Waals surface area contributed by atoms with Gasteiger partial charge in [0.15, 0.2) is 5.16 Å². The summed E-state index contributed by atoms with van der Waals surface area (Å²) < 4.78 is 43.7. The molecule has 3 aromatic heterocycles. The molecule has 0 bridgehead atoms. The van der Waals surface area contributed by atoms with E-state index >= 15 is 0 Å². The first-order chi connectivity index (χ1) is 10.9. The predicted octanol–water partition coefficient (Wildman–Crippen LogP) is 4.66. The fourth-order valence-corrected chi connectivity index (χ4v) is 3.56. The van der Waals surface area contributed by atoms with Crippen LogP contribution in [-0.2, 0) is 11.9 Å². The van der Waals surface area contributed by atoms with Crippen molar-refractivity contribution >= 4 is 39.0 Å². The molecular weight excluding hydrogens is 417 g/mol. The van der Waals surface area contributed by atoms with Gasteiger partial charge in [-0.15, -0.1) is 11.3 Å². The van der Waals surface area contributed by atoms with Crippen LogP contribution in [0.25, 0.3) is 10.7 Å². The van der Waals surface area contributed by atoms with Crippen LogP contribution in [0.4, 0.5) is 13.2 Å². The third-order valence-corrected chi connectivity index (χ3v) is 5.04. The van der Waals surface area contributed by atoms with Gasteiger partial charge in [-0.05, 0) is 28.1 Å². The monoisotopic (exact) mass is 422 g/mol. The Kier molecular flexibility index (Phi) is 4.69. The van der Waals surface area contributed by atoms with E-state index in [0.717, 1.165) is 33.4 Å². The van der Waals surface area contributed by atoms with E-state index in [-0.39, 0.29) is 16.8 Å². The van der Waals surface area contributed by atoms with Crippen LogP contribution in [0.3, 0.4) is 0 Å². The summed E-state index contributed by atoms with van der Waals surface area (Å²) in [6.07, 6.45) is -3.43. The van der Waals surface area contributed by atoms with Crippen molar-refractivity contribution in [2.75, 3.05) is 0 Å². The van der Waals surface area contributed by atoms with Crippen LogP contribution in [0.5, 0.6) is 0 Å². The summed E-state index contributed by atoms with van der Waals surface area (Å²) >= 11 is 5.77. The maximum atomic E-state index is 12.6. The Morgan fingerprint density at radius 2 is 2.13 bits per heavy atom. The van der Waals surface area contributed by atoms with Gasteiger partial charge < -0.3 is 4.52 Å². The lowest BCUT2D eigenvalue weighted by Crippen LogP contribution is -2.08. The molecule has 120 valence electrons. The van der Waals surface area contributed by atoms with E-state index in [1.54, 1.807) is 0 Å². The second-order valence-electron chi connectivity index (χ2n) is 4.15. The van der Waals surface area contributed by atoms with Gasteiger partial charge in [0.2, 0.25) is 11.7 Å². The van der Waals surface area contributed by atoms with Crippen LogP contribution >= 0.6 is 39.0 Å². The lowest BCUT2D eigenvalue weighted by Gasteiger charge is -2.05. The Bertz CT molecular complexity index is 820. The van der Waals surface area contributed by atoms with E-state index < -0.39 is 11.9 Å². The number of hydrogen-bond acceptors (Lipinski definition) is 7. The first-order valence-corrected chi connectivity index (χ1v) is 8.67. The van der Waals surface area contributed by atoms with E-state index in [0.29, 0.717) is 5.82 Å². The highest BCUT2D eigenvalue weighted by Crippen LogP contribution is 2.30. The molecule has 0 saturated carbocycles. The van der Waals surface area contributed by atoms with Gasteiger partial charge in [-0.2, -0.15) is 18.2 Å². The molecule has 3 aromatic rings. The summed E-state index contributed by atoms with van der Waals surface area (Å²) in [4.78, 5) is 12.3. The van der Waals surface area contributed by atoms with Crippen molar-refractivity contribution in [1.29, 1.82) is 0 Å². The van der Waals surface area contributed by atoms with Crippen molar-refractivity contribution in [3.05, 3.63) is 39.8 Å². The van der Waals surface area contributed by atoms with Crippen LogP contribution in [-0.4, -0.2) is 20.1 Å². The molecule has 0 fully saturated rings. The summed E-state index contributed by atoms with van der Waals surface area (Å²) in [7, 11) is 0. The van der Waals surface area contributed by atoms with E-state index in [1.807, 2.05) is 11.4 Å². The van der Waals surface area contributed by atoms with Gasteiger partial charge in [-0.25, -0.2) is 9.97 Å². The molecule has 5 nitrogen and oxygen atoms in total.